The van der Waals surface area contributed by atoms with Gasteiger partial charge in [0.1, 0.15) is 4.90 Å². The third-order valence-electron chi connectivity index (χ3n) is 2.50. The Morgan fingerprint density at radius 1 is 1.56 bits per heavy atom. The molecule has 18 heavy (non-hydrogen) atoms. The number of halogens is 1. The van der Waals surface area contributed by atoms with E-state index in [9.17, 15) is 8.42 Å². The fraction of sp³-hybridized carbons (Fsp3) is 0.444. The molecule has 1 unspecified atom stereocenters. The summed E-state index contributed by atoms with van der Waals surface area (Å²) in [6, 6.07) is 1.46. The monoisotopic (exact) mass is 352 g/mol. The molecule has 100 valence electrons. The molecule has 0 spiro atoms. The van der Waals surface area contributed by atoms with Gasteiger partial charge in [0.25, 0.3) is 0 Å². The van der Waals surface area contributed by atoms with E-state index in [2.05, 4.69) is 31.1 Å². The first-order valence-corrected chi connectivity index (χ1v) is 8.68. The van der Waals surface area contributed by atoms with Crippen molar-refractivity contribution in [2.75, 3.05) is 16.9 Å². The van der Waals surface area contributed by atoms with Crippen molar-refractivity contribution in [1.82, 2.24) is 9.71 Å². The number of nitrogens with zero attached hydrogens (tertiary/aromatic N) is 1. The summed E-state index contributed by atoms with van der Waals surface area (Å²) in [5, 5.41) is 0. The second kappa shape index (κ2) is 5.74. The van der Waals surface area contributed by atoms with Gasteiger partial charge in [-0.15, -0.1) is 0 Å². The molecule has 6 nitrogen and oxygen atoms in total. The second-order valence-corrected chi connectivity index (χ2v) is 7.57. The largest absolute Gasteiger partial charge is 0.307 e. The van der Waals surface area contributed by atoms with Crippen molar-refractivity contribution in [2.45, 2.75) is 17.4 Å². The molecule has 0 saturated carbocycles. The zero-order chi connectivity index (χ0) is 13.2. The van der Waals surface area contributed by atoms with Crippen LogP contribution in [0.25, 0.3) is 0 Å². The summed E-state index contributed by atoms with van der Waals surface area (Å²) in [4.78, 5) is 3.98. The van der Waals surface area contributed by atoms with E-state index in [0.29, 0.717) is 4.47 Å². The molecule has 1 fully saturated rings. The van der Waals surface area contributed by atoms with Crippen LogP contribution in [-0.2, 0) is 10.0 Å². The number of anilines is 1. The minimum absolute atomic E-state index is 0.0235. The van der Waals surface area contributed by atoms with Crippen LogP contribution < -0.4 is 16.0 Å². The zero-order valence-electron chi connectivity index (χ0n) is 9.39. The van der Waals surface area contributed by atoms with Crippen molar-refractivity contribution in [1.29, 1.82) is 0 Å². The summed E-state index contributed by atoms with van der Waals surface area (Å²) in [7, 11) is -3.61. The molecule has 1 aliphatic rings. The molecule has 0 aliphatic carbocycles. The number of nitrogens with two attached hydrogens (primary N) is 1. The first kappa shape index (κ1) is 14.1. The second-order valence-electron chi connectivity index (χ2n) is 3.83. The summed E-state index contributed by atoms with van der Waals surface area (Å²) in [5.41, 5.74) is 2.30. The molecule has 0 amide bonds. The highest BCUT2D eigenvalue weighted by Gasteiger charge is 2.26. The summed E-state index contributed by atoms with van der Waals surface area (Å²) >= 11 is 4.94. The molecule has 1 saturated heterocycles. The number of nitrogens with one attached hydrogen (secondary N) is 2. The Bertz CT molecular complexity index is 531. The van der Waals surface area contributed by atoms with Gasteiger partial charge in [0.2, 0.25) is 10.0 Å². The minimum Gasteiger partial charge on any atom is -0.307 e. The molecule has 0 bridgehead atoms. The lowest BCUT2D eigenvalue weighted by Gasteiger charge is -2.14. The van der Waals surface area contributed by atoms with Crippen molar-refractivity contribution in [3.8, 4) is 0 Å². The standard InChI is InChI=1S/C9H13BrN4O2S2/c10-6-3-8(9(13-11)12-4-6)18(15,16)14-7-1-2-17-5-7/h3-4,7,14H,1-2,5,11H2,(H,12,13). The van der Waals surface area contributed by atoms with Crippen molar-refractivity contribution < 1.29 is 8.42 Å². The van der Waals surface area contributed by atoms with Crippen LogP contribution in [0.3, 0.4) is 0 Å². The van der Waals surface area contributed by atoms with Gasteiger partial charge in [0.15, 0.2) is 5.82 Å². The van der Waals surface area contributed by atoms with E-state index >= 15 is 0 Å². The molecule has 2 rings (SSSR count). The number of hydrogen-bond donors (Lipinski definition) is 3. The van der Waals surface area contributed by atoms with Crippen molar-refractivity contribution in [3.63, 3.8) is 0 Å². The normalized spacial score (nSPS) is 20.0. The topological polar surface area (TPSA) is 97.1 Å². The van der Waals surface area contributed by atoms with Gasteiger partial charge in [-0.05, 0) is 34.2 Å². The number of pyridine rings is 1. The van der Waals surface area contributed by atoms with Gasteiger partial charge in [-0.1, -0.05) is 0 Å². The Balaban J connectivity index is 2.30. The highest BCUT2D eigenvalue weighted by molar-refractivity contribution is 9.10. The number of hydrogen-bond acceptors (Lipinski definition) is 6. The van der Waals surface area contributed by atoms with Gasteiger partial charge in [0, 0.05) is 22.5 Å². The Morgan fingerprint density at radius 3 is 2.94 bits per heavy atom. The fourth-order valence-corrected chi connectivity index (χ4v) is 4.80. The van der Waals surface area contributed by atoms with E-state index in [1.54, 1.807) is 11.8 Å². The average Bonchev–Trinajstić information content (AvgIpc) is 2.81. The maximum absolute atomic E-state index is 12.2. The minimum atomic E-state index is -3.61. The predicted octanol–water partition coefficient (Wildman–Crippen LogP) is 0.913. The van der Waals surface area contributed by atoms with E-state index in [4.69, 9.17) is 5.84 Å². The molecule has 0 radical (unpaired) electrons. The highest BCUT2D eigenvalue weighted by atomic mass is 79.9. The van der Waals surface area contributed by atoms with E-state index in [0.717, 1.165) is 17.9 Å². The molecular formula is C9H13BrN4O2S2. The molecule has 1 atom stereocenters. The van der Waals surface area contributed by atoms with Gasteiger partial charge < -0.3 is 5.43 Å². The highest BCUT2D eigenvalue weighted by Crippen LogP contribution is 2.24. The van der Waals surface area contributed by atoms with Crippen LogP contribution >= 0.6 is 27.7 Å². The third-order valence-corrected chi connectivity index (χ3v) is 5.63. The quantitative estimate of drug-likeness (QED) is 0.550. The van der Waals surface area contributed by atoms with E-state index in [1.807, 2.05) is 0 Å². The SMILES string of the molecule is NNc1ncc(Br)cc1S(=O)(=O)NC1CCSC1. The summed E-state index contributed by atoms with van der Waals surface area (Å²) < 4.78 is 27.7. The lowest BCUT2D eigenvalue weighted by molar-refractivity contribution is 0.563. The Hall–Kier alpha value is -0.350. The fourth-order valence-electron chi connectivity index (χ4n) is 1.64. The Morgan fingerprint density at radius 2 is 2.33 bits per heavy atom. The first-order valence-electron chi connectivity index (χ1n) is 5.25. The van der Waals surface area contributed by atoms with Gasteiger partial charge in [-0.2, -0.15) is 11.8 Å². The summed E-state index contributed by atoms with van der Waals surface area (Å²) in [6.07, 6.45) is 2.33. The molecule has 2 heterocycles. The van der Waals surface area contributed by atoms with E-state index in [-0.39, 0.29) is 16.8 Å². The lowest BCUT2D eigenvalue weighted by Crippen LogP contribution is -2.35. The van der Waals surface area contributed by atoms with Crippen LogP contribution in [-0.4, -0.2) is 30.9 Å². The van der Waals surface area contributed by atoms with Gasteiger partial charge in [-0.3, -0.25) is 0 Å². The molecule has 1 aromatic heterocycles. The molecule has 1 aliphatic heterocycles. The van der Waals surface area contributed by atoms with Crippen molar-refractivity contribution in [3.05, 3.63) is 16.7 Å². The Labute approximate surface area is 118 Å². The molecule has 1 aromatic rings. The number of nitrogen functional groups attached to an aromatic ring is 1. The van der Waals surface area contributed by atoms with Crippen LogP contribution in [0.2, 0.25) is 0 Å². The van der Waals surface area contributed by atoms with Crippen LogP contribution in [0.4, 0.5) is 5.82 Å². The van der Waals surface area contributed by atoms with Crippen LogP contribution in [0, 0.1) is 0 Å². The smallest absolute Gasteiger partial charge is 0.244 e. The number of rotatable bonds is 4. The lowest BCUT2D eigenvalue weighted by atomic mass is 10.3. The summed E-state index contributed by atoms with van der Waals surface area (Å²) in [5.74, 6) is 7.19. The van der Waals surface area contributed by atoms with Crippen LogP contribution in [0.1, 0.15) is 6.42 Å². The number of aromatic nitrogens is 1. The van der Waals surface area contributed by atoms with E-state index < -0.39 is 10.0 Å². The molecule has 0 aromatic carbocycles. The van der Waals surface area contributed by atoms with E-state index in [1.165, 1.54) is 12.3 Å². The average molecular weight is 353 g/mol. The van der Waals surface area contributed by atoms with Gasteiger partial charge in [-0.25, -0.2) is 24.0 Å². The van der Waals surface area contributed by atoms with Crippen LogP contribution in [0.5, 0.6) is 0 Å². The summed E-state index contributed by atoms with van der Waals surface area (Å²) in [6.45, 7) is 0. The van der Waals surface area contributed by atoms with Crippen LogP contribution in [0.15, 0.2) is 21.6 Å². The maximum Gasteiger partial charge on any atom is 0.244 e. The number of hydrazine groups is 1. The Kier molecular flexibility index (Phi) is 4.49. The number of sulfonamides is 1. The van der Waals surface area contributed by atoms with Crippen molar-refractivity contribution >= 4 is 43.5 Å². The molecule has 4 N–H and O–H groups in total. The zero-order valence-corrected chi connectivity index (χ0v) is 12.6. The van der Waals surface area contributed by atoms with Gasteiger partial charge >= 0.3 is 0 Å². The van der Waals surface area contributed by atoms with Crippen molar-refractivity contribution in [2.24, 2.45) is 5.84 Å². The maximum atomic E-state index is 12.2. The number of thioether (sulfide) groups is 1. The first-order chi connectivity index (χ1) is 8.53. The van der Waals surface area contributed by atoms with Gasteiger partial charge in [0.05, 0.1) is 0 Å². The molecular weight excluding hydrogens is 340 g/mol. The third kappa shape index (κ3) is 3.15. The molecule has 9 heteroatoms. The predicted molar refractivity (Wildman–Crippen MR) is 75.8 cm³/mol.